The Kier molecular flexibility index (Phi) is 2.65. The first-order valence-corrected chi connectivity index (χ1v) is 5.18. The fraction of sp³-hybridized carbons (Fsp3) is 0.900. The third kappa shape index (κ3) is 1.76. The van der Waals surface area contributed by atoms with E-state index in [0.717, 1.165) is 26.0 Å². The van der Waals surface area contributed by atoms with Crippen molar-refractivity contribution in [3.05, 3.63) is 0 Å². The minimum Gasteiger partial charge on any atom is -0.375 e. The van der Waals surface area contributed by atoms with Crippen molar-refractivity contribution in [2.75, 3.05) is 13.2 Å². The van der Waals surface area contributed by atoms with E-state index in [2.05, 4.69) is 5.32 Å². The molecule has 1 saturated carbocycles. The third-order valence-electron chi connectivity index (χ3n) is 3.13. The molecule has 1 aliphatic carbocycles. The van der Waals surface area contributed by atoms with Crippen molar-refractivity contribution in [1.29, 1.82) is 0 Å². The smallest absolute Gasteiger partial charge is 0.155 e. The molecule has 1 aliphatic heterocycles. The van der Waals surface area contributed by atoms with E-state index >= 15 is 0 Å². The minimum absolute atomic E-state index is 0.0425. The van der Waals surface area contributed by atoms with Crippen molar-refractivity contribution in [3.8, 4) is 0 Å². The number of carbonyl (C=O) groups is 1. The summed E-state index contributed by atoms with van der Waals surface area (Å²) in [6.45, 7) is 3.52. The monoisotopic (exact) mass is 183 g/mol. The molecule has 0 radical (unpaired) electrons. The van der Waals surface area contributed by atoms with Gasteiger partial charge in [-0.05, 0) is 19.8 Å². The normalized spacial score (nSPS) is 35.5. The second kappa shape index (κ2) is 3.76. The van der Waals surface area contributed by atoms with Crippen molar-refractivity contribution in [3.63, 3.8) is 0 Å². The highest BCUT2D eigenvalue weighted by Crippen LogP contribution is 2.29. The average molecular weight is 183 g/mol. The fourth-order valence-electron chi connectivity index (χ4n) is 2.00. The van der Waals surface area contributed by atoms with E-state index in [0.29, 0.717) is 11.7 Å². The van der Waals surface area contributed by atoms with Gasteiger partial charge in [0.25, 0.3) is 0 Å². The first-order chi connectivity index (χ1) is 6.29. The highest BCUT2D eigenvalue weighted by atomic mass is 16.5. The number of rotatable bonds is 2. The summed E-state index contributed by atoms with van der Waals surface area (Å²) < 4.78 is 5.45. The second-order valence-corrected chi connectivity index (χ2v) is 4.04. The Morgan fingerprint density at radius 3 is 2.77 bits per heavy atom. The number of Topliss-reactive ketones (excluding diaryl/α,β-unsaturated/α-hetero) is 1. The maximum atomic E-state index is 11.8. The molecule has 2 atom stereocenters. The molecule has 0 aromatic carbocycles. The van der Waals surface area contributed by atoms with Crippen molar-refractivity contribution in [2.45, 2.75) is 38.3 Å². The number of carbonyl (C=O) groups excluding carboxylic acids is 1. The maximum Gasteiger partial charge on any atom is 0.155 e. The van der Waals surface area contributed by atoms with Gasteiger partial charge in [-0.1, -0.05) is 6.42 Å². The highest BCUT2D eigenvalue weighted by molar-refractivity contribution is 5.87. The molecule has 0 aromatic rings. The number of hydrogen-bond acceptors (Lipinski definition) is 3. The summed E-state index contributed by atoms with van der Waals surface area (Å²) in [7, 11) is 0. The van der Waals surface area contributed by atoms with Crippen molar-refractivity contribution in [1.82, 2.24) is 5.32 Å². The quantitative estimate of drug-likeness (QED) is 0.686. The Labute approximate surface area is 78.8 Å². The first-order valence-electron chi connectivity index (χ1n) is 5.18. The number of hydrogen-bond donors (Lipinski definition) is 1. The van der Waals surface area contributed by atoms with Gasteiger partial charge in [0, 0.05) is 12.5 Å². The van der Waals surface area contributed by atoms with Crippen LogP contribution in [0.3, 0.4) is 0 Å². The second-order valence-electron chi connectivity index (χ2n) is 4.04. The van der Waals surface area contributed by atoms with Crippen LogP contribution < -0.4 is 5.32 Å². The predicted octanol–water partition coefficient (Wildman–Crippen LogP) is 0.732. The molecule has 74 valence electrons. The summed E-state index contributed by atoms with van der Waals surface area (Å²) in [5, 5.41) is 3.24. The van der Waals surface area contributed by atoms with Crippen molar-refractivity contribution in [2.24, 2.45) is 5.92 Å². The number of ketones is 1. The molecule has 2 aliphatic rings. The fourth-order valence-corrected chi connectivity index (χ4v) is 2.00. The van der Waals surface area contributed by atoms with Gasteiger partial charge in [0.1, 0.15) is 0 Å². The van der Waals surface area contributed by atoms with Gasteiger partial charge in [-0.25, -0.2) is 0 Å². The molecule has 2 unspecified atom stereocenters. The molecule has 0 amide bonds. The van der Waals surface area contributed by atoms with Gasteiger partial charge < -0.3 is 10.1 Å². The Balaban J connectivity index is 1.93. The van der Waals surface area contributed by atoms with Crippen LogP contribution in [0.2, 0.25) is 0 Å². The summed E-state index contributed by atoms with van der Waals surface area (Å²) >= 11 is 0. The standard InChI is InChI=1S/C10H17NO2/c1-7-9(11-5-6-13-7)10(12)8-3-2-4-8/h7-9,11H,2-6H2,1H3. The number of morpholine rings is 1. The van der Waals surface area contributed by atoms with Gasteiger partial charge in [-0.3, -0.25) is 4.79 Å². The van der Waals surface area contributed by atoms with Crippen LogP contribution in [0.4, 0.5) is 0 Å². The zero-order chi connectivity index (χ0) is 9.26. The van der Waals surface area contributed by atoms with E-state index in [1.54, 1.807) is 0 Å². The van der Waals surface area contributed by atoms with E-state index in [4.69, 9.17) is 4.74 Å². The summed E-state index contributed by atoms with van der Waals surface area (Å²) in [6.07, 6.45) is 3.45. The van der Waals surface area contributed by atoms with E-state index in [1.165, 1.54) is 6.42 Å². The highest BCUT2D eigenvalue weighted by Gasteiger charge is 2.35. The molecular formula is C10H17NO2. The van der Waals surface area contributed by atoms with Crippen LogP contribution in [-0.2, 0) is 9.53 Å². The van der Waals surface area contributed by atoms with Gasteiger partial charge in [-0.2, -0.15) is 0 Å². The Morgan fingerprint density at radius 2 is 2.23 bits per heavy atom. The lowest BCUT2D eigenvalue weighted by molar-refractivity contribution is -0.133. The molecule has 0 aromatic heterocycles. The van der Waals surface area contributed by atoms with Crippen LogP contribution in [0.15, 0.2) is 0 Å². The van der Waals surface area contributed by atoms with Crippen LogP contribution in [0, 0.1) is 5.92 Å². The summed E-state index contributed by atoms with van der Waals surface area (Å²) in [5.74, 6) is 0.695. The lowest BCUT2D eigenvalue weighted by Gasteiger charge is -2.34. The van der Waals surface area contributed by atoms with E-state index in [-0.39, 0.29) is 12.1 Å². The molecule has 13 heavy (non-hydrogen) atoms. The van der Waals surface area contributed by atoms with Crippen LogP contribution in [0.25, 0.3) is 0 Å². The zero-order valence-corrected chi connectivity index (χ0v) is 8.08. The summed E-state index contributed by atoms with van der Waals surface area (Å²) in [5.41, 5.74) is 0. The SMILES string of the molecule is CC1OCCNC1C(=O)C1CCC1. The first kappa shape index (κ1) is 9.16. The zero-order valence-electron chi connectivity index (χ0n) is 8.08. The molecule has 1 saturated heterocycles. The third-order valence-corrected chi connectivity index (χ3v) is 3.13. The van der Waals surface area contributed by atoms with Crippen molar-refractivity contribution >= 4 is 5.78 Å². The van der Waals surface area contributed by atoms with E-state index in [9.17, 15) is 4.79 Å². The number of nitrogens with one attached hydrogen (secondary N) is 1. The van der Waals surface area contributed by atoms with Crippen LogP contribution >= 0.6 is 0 Å². The largest absolute Gasteiger partial charge is 0.375 e. The number of ether oxygens (including phenoxy) is 1. The van der Waals surface area contributed by atoms with E-state index in [1.807, 2.05) is 6.92 Å². The molecular weight excluding hydrogens is 166 g/mol. The maximum absolute atomic E-state index is 11.8. The molecule has 0 bridgehead atoms. The summed E-state index contributed by atoms with van der Waals surface area (Å²) in [6, 6.07) is -0.0425. The van der Waals surface area contributed by atoms with E-state index < -0.39 is 0 Å². The molecule has 0 spiro atoms. The molecule has 2 rings (SSSR count). The minimum atomic E-state index is -0.0425. The lowest BCUT2D eigenvalue weighted by Crippen LogP contribution is -2.54. The predicted molar refractivity (Wildman–Crippen MR) is 49.6 cm³/mol. The molecule has 3 heteroatoms. The molecule has 1 heterocycles. The molecule has 1 N–H and O–H groups in total. The summed E-state index contributed by atoms with van der Waals surface area (Å²) in [4.78, 5) is 11.8. The van der Waals surface area contributed by atoms with Crippen LogP contribution in [0.5, 0.6) is 0 Å². The Morgan fingerprint density at radius 1 is 1.46 bits per heavy atom. The molecule has 2 fully saturated rings. The van der Waals surface area contributed by atoms with Crippen LogP contribution in [-0.4, -0.2) is 31.1 Å². The van der Waals surface area contributed by atoms with Gasteiger partial charge in [0.15, 0.2) is 5.78 Å². The molecule has 3 nitrogen and oxygen atoms in total. The Bertz CT molecular complexity index is 201. The van der Waals surface area contributed by atoms with Gasteiger partial charge in [-0.15, -0.1) is 0 Å². The van der Waals surface area contributed by atoms with Crippen LogP contribution in [0.1, 0.15) is 26.2 Å². The Hall–Kier alpha value is -0.410. The van der Waals surface area contributed by atoms with Gasteiger partial charge in [0.05, 0.1) is 18.8 Å². The topological polar surface area (TPSA) is 38.3 Å². The lowest BCUT2D eigenvalue weighted by atomic mass is 9.79. The van der Waals surface area contributed by atoms with Crippen molar-refractivity contribution < 1.29 is 9.53 Å². The van der Waals surface area contributed by atoms with Gasteiger partial charge in [0.2, 0.25) is 0 Å². The average Bonchev–Trinajstić information content (AvgIpc) is 2.01. The van der Waals surface area contributed by atoms with Gasteiger partial charge >= 0.3 is 0 Å².